The van der Waals surface area contributed by atoms with Gasteiger partial charge in [-0.25, -0.2) is 9.78 Å². The van der Waals surface area contributed by atoms with Gasteiger partial charge in [-0.1, -0.05) is 26.0 Å². The van der Waals surface area contributed by atoms with Crippen LogP contribution >= 0.6 is 0 Å². The molecule has 2 heterocycles. The average Bonchev–Trinajstić information content (AvgIpc) is 3.30. The normalized spacial score (nSPS) is 11.3. The lowest BCUT2D eigenvalue weighted by Gasteiger charge is -2.25. The summed E-state index contributed by atoms with van der Waals surface area (Å²) in [5.41, 5.74) is 8.18. The standard InChI is InChI=1S/C26H35N5O5/c1-16(2)15-31-24(27)23(25(33)29-26(31)34)30(11-6-12-35-5)22(32)10-9-21-28-14-20(36-21)19-8-7-17(3)18(4)13-19/h7-8,13-14,16H,6,9-12,15,27H2,1-5H3,(H,29,33,34). The highest BCUT2D eigenvalue weighted by Crippen LogP contribution is 2.24. The molecule has 0 unspecified atom stereocenters. The van der Waals surface area contributed by atoms with Crippen LogP contribution in [0.4, 0.5) is 11.5 Å². The first-order chi connectivity index (χ1) is 17.1. The van der Waals surface area contributed by atoms with E-state index in [9.17, 15) is 14.4 Å². The second-order valence-corrected chi connectivity index (χ2v) is 9.31. The molecule has 0 saturated carbocycles. The molecular weight excluding hydrogens is 462 g/mol. The fourth-order valence-corrected chi connectivity index (χ4v) is 3.92. The van der Waals surface area contributed by atoms with Crippen molar-refractivity contribution in [3.63, 3.8) is 0 Å². The number of aryl methyl sites for hydroxylation is 3. The summed E-state index contributed by atoms with van der Waals surface area (Å²) in [4.78, 5) is 46.4. The molecule has 0 spiro atoms. The summed E-state index contributed by atoms with van der Waals surface area (Å²) in [5.74, 6) is 0.789. The summed E-state index contributed by atoms with van der Waals surface area (Å²) in [6, 6.07) is 6.02. The van der Waals surface area contributed by atoms with Crippen molar-refractivity contribution in [2.24, 2.45) is 5.92 Å². The van der Waals surface area contributed by atoms with Crippen molar-refractivity contribution in [1.29, 1.82) is 0 Å². The smallest absolute Gasteiger partial charge is 0.330 e. The number of nitrogens with two attached hydrogens (primary N) is 1. The molecule has 36 heavy (non-hydrogen) atoms. The molecular formula is C26H35N5O5. The Morgan fingerprint density at radius 1 is 1.25 bits per heavy atom. The first kappa shape index (κ1) is 26.9. The molecule has 0 aliphatic heterocycles. The maximum Gasteiger partial charge on any atom is 0.330 e. The number of nitrogens with zero attached hydrogens (tertiary/aromatic N) is 3. The van der Waals surface area contributed by atoms with Gasteiger partial charge in [-0.15, -0.1) is 0 Å². The lowest BCUT2D eigenvalue weighted by atomic mass is 10.1. The van der Waals surface area contributed by atoms with Crippen LogP contribution in [0.15, 0.2) is 38.4 Å². The Bertz CT molecular complexity index is 1320. The molecule has 10 heteroatoms. The van der Waals surface area contributed by atoms with Crippen molar-refractivity contribution in [3.05, 3.63) is 62.3 Å². The van der Waals surface area contributed by atoms with Gasteiger partial charge in [0.1, 0.15) is 5.82 Å². The Kier molecular flexibility index (Phi) is 8.87. The van der Waals surface area contributed by atoms with Gasteiger partial charge >= 0.3 is 5.69 Å². The zero-order chi connectivity index (χ0) is 26.4. The van der Waals surface area contributed by atoms with Gasteiger partial charge in [-0.3, -0.25) is 19.1 Å². The highest BCUT2D eigenvalue weighted by atomic mass is 16.5. The van der Waals surface area contributed by atoms with Gasteiger partial charge in [0.2, 0.25) is 5.91 Å². The molecule has 2 aromatic heterocycles. The van der Waals surface area contributed by atoms with Gasteiger partial charge in [0.15, 0.2) is 17.3 Å². The Morgan fingerprint density at radius 2 is 2.00 bits per heavy atom. The first-order valence-electron chi connectivity index (χ1n) is 12.1. The van der Waals surface area contributed by atoms with Crippen LogP contribution in [0.25, 0.3) is 11.3 Å². The van der Waals surface area contributed by atoms with Gasteiger partial charge < -0.3 is 19.8 Å². The minimum absolute atomic E-state index is 0.0282. The van der Waals surface area contributed by atoms with Crippen LogP contribution in [-0.4, -0.2) is 40.7 Å². The number of carbonyl (C=O) groups is 1. The number of amides is 1. The Hall–Kier alpha value is -3.66. The van der Waals surface area contributed by atoms with Gasteiger partial charge in [-0.2, -0.15) is 0 Å². The van der Waals surface area contributed by atoms with Crippen molar-refractivity contribution in [2.45, 2.75) is 53.5 Å². The molecule has 0 radical (unpaired) electrons. The molecule has 0 aliphatic rings. The van der Waals surface area contributed by atoms with Gasteiger partial charge in [0, 0.05) is 45.2 Å². The molecule has 3 aromatic rings. The molecule has 1 aromatic carbocycles. The van der Waals surface area contributed by atoms with Crippen LogP contribution in [0, 0.1) is 19.8 Å². The predicted molar refractivity (Wildman–Crippen MR) is 139 cm³/mol. The summed E-state index contributed by atoms with van der Waals surface area (Å²) in [5, 5.41) is 0. The van der Waals surface area contributed by atoms with Crippen LogP contribution < -0.4 is 21.9 Å². The molecule has 0 fully saturated rings. The summed E-state index contributed by atoms with van der Waals surface area (Å²) in [7, 11) is 1.56. The summed E-state index contributed by atoms with van der Waals surface area (Å²) < 4.78 is 12.3. The third-order valence-electron chi connectivity index (χ3n) is 5.96. The van der Waals surface area contributed by atoms with Gasteiger partial charge in [0.05, 0.1) is 6.20 Å². The van der Waals surface area contributed by atoms with Crippen molar-refractivity contribution < 1.29 is 13.9 Å². The molecule has 0 saturated heterocycles. The topological polar surface area (TPSA) is 136 Å². The van der Waals surface area contributed by atoms with E-state index >= 15 is 0 Å². The maximum absolute atomic E-state index is 13.3. The molecule has 3 N–H and O–H groups in total. The highest BCUT2D eigenvalue weighted by molar-refractivity contribution is 5.95. The van der Waals surface area contributed by atoms with E-state index in [1.165, 1.54) is 15.0 Å². The van der Waals surface area contributed by atoms with E-state index in [1.807, 2.05) is 45.9 Å². The lowest BCUT2D eigenvalue weighted by molar-refractivity contribution is -0.118. The van der Waals surface area contributed by atoms with Crippen LogP contribution in [0.5, 0.6) is 0 Å². The zero-order valence-electron chi connectivity index (χ0n) is 21.6. The number of aromatic amines is 1. The number of hydrogen-bond donors (Lipinski definition) is 2. The number of oxazole rings is 1. The summed E-state index contributed by atoms with van der Waals surface area (Å²) in [6.07, 6.45) is 2.42. The fraction of sp³-hybridized carbons (Fsp3) is 0.462. The van der Waals surface area contributed by atoms with E-state index in [-0.39, 0.29) is 42.7 Å². The predicted octanol–water partition coefficient (Wildman–Crippen LogP) is 3.05. The zero-order valence-corrected chi connectivity index (χ0v) is 21.6. The molecule has 10 nitrogen and oxygen atoms in total. The third kappa shape index (κ3) is 6.31. The number of anilines is 2. The number of H-pyrrole nitrogens is 1. The first-order valence-corrected chi connectivity index (χ1v) is 12.1. The number of benzene rings is 1. The van der Waals surface area contributed by atoms with Gasteiger partial charge in [0.25, 0.3) is 5.56 Å². The van der Waals surface area contributed by atoms with E-state index in [2.05, 4.69) is 9.97 Å². The van der Waals surface area contributed by atoms with Crippen molar-refractivity contribution in [3.8, 4) is 11.3 Å². The number of ether oxygens (including phenoxy) is 1. The monoisotopic (exact) mass is 497 g/mol. The molecule has 3 rings (SSSR count). The van der Waals surface area contributed by atoms with E-state index in [0.717, 1.165) is 11.1 Å². The molecule has 0 aliphatic carbocycles. The van der Waals surface area contributed by atoms with Crippen LogP contribution in [0.1, 0.15) is 43.7 Å². The fourth-order valence-electron chi connectivity index (χ4n) is 3.92. The Morgan fingerprint density at radius 3 is 2.67 bits per heavy atom. The van der Waals surface area contributed by atoms with Crippen molar-refractivity contribution in [2.75, 3.05) is 30.9 Å². The second kappa shape index (κ2) is 11.9. The number of hydrogen-bond acceptors (Lipinski definition) is 7. The Balaban J connectivity index is 1.84. The largest absolute Gasteiger partial charge is 0.441 e. The number of aromatic nitrogens is 3. The van der Waals surface area contributed by atoms with Crippen LogP contribution in [-0.2, 0) is 22.5 Å². The molecule has 0 atom stereocenters. The third-order valence-corrected chi connectivity index (χ3v) is 5.96. The number of nitrogen functional groups attached to an aromatic ring is 1. The van der Waals surface area contributed by atoms with Crippen LogP contribution in [0.3, 0.4) is 0 Å². The average molecular weight is 498 g/mol. The van der Waals surface area contributed by atoms with Crippen LogP contribution in [0.2, 0.25) is 0 Å². The van der Waals surface area contributed by atoms with Gasteiger partial charge in [-0.05, 0) is 43.4 Å². The van der Waals surface area contributed by atoms with Crippen molar-refractivity contribution in [1.82, 2.24) is 14.5 Å². The number of methoxy groups -OCH3 is 1. The van der Waals surface area contributed by atoms with E-state index in [0.29, 0.717) is 31.2 Å². The number of carbonyl (C=O) groups excluding carboxylic acids is 1. The van der Waals surface area contributed by atoms with E-state index < -0.39 is 11.2 Å². The van der Waals surface area contributed by atoms with Crippen molar-refractivity contribution >= 4 is 17.4 Å². The lowest BCUT2D eigenvalue weighted by Crippen LogP contribution is -2.42. The van der Waals surface area contributed by atoms with E-state index in [1.54, 1.807) is 13.3 Å². The summed E-state index contributed by atoms with van der Waals surface area (Å²) >= 11 is 0. The molecule has 0 bridgehead atoms. The second-order valence-electron chi connectivity index (χ2n) is 9.31. The maximum atomic E-state index is 13.3. The molecule has 1 amide bonds. The number of rotatable bonds is 11. The molecule has 194 valence electrons. The minimum Gasteiger partial charge on any atom is -0.441 e. The SMILES string of the molecule is COCCCN(C(=O)CCc1ncc(-c2ccc(C)c(C)c2)o1)c1c(N)n(CC(C)C)c(=O)[nH]c1=O. The quantitative estimate of drug-likeness (QED) is 0.389. The minimum atomic E-state index is -0.698. The summed E-state index contributed by atoms with van der Waals surface area (Å²) in [6.45, 7) is 8.85. The number of nitrogens with one attached hydrogen (secondary N) is 1. The Labute approximate surface area is 210 Å². The highest BCUT2D eigenvalue weighted by Gasteiger charge is 2.24. The van der Waals surface area contributed by atoms with E-state index in [4.69, 9.17) is 14.9 Å².